The van der Waals surface area contributed by atoms with E-state index < -0.39 is 0 Å². The lowest BCUT2D eigenvalue weighted by Crippen LogP contribution is -2.15. The maximum atomic E-state index is 12.5. The number of anilines is 1. The van der Waals surface area contributed by atoms with Crippen molar-refractivity contribution in [3.63, 3.8) is 0 Å². The van der Waals surface area contributed by atoms with Gasteiger partial charge in [-0.15, -0.1) is 0 Å². The number of benzene rings is 1. The van der Waals surface area contributed by atoms with E-state index in [1.54, 1.807) is 12.3 Å². The van der Waals surface area contributed by atoms with E-state index in [0.717, 1.165) is 27.8 Å². The number of hydrogen-bond acceptors (Lipinski definition) is 2. The molecule has 0 fully saturated rings. The number of H-pyrrole nitrogens is 1. The highest BCUT2D eigenvalue weighted by Gasteiger charge is 2.15. The van der Waals surface area contributed by atoms with Crippen LogP contribution in [0, 0.1) is 6.92 Å². The van der Waals surface area contributed by atoms with E-state index in [9.17, 15) is 4.79 Å². The van der Waals surface area contributed by atoms with Gasteiger partial charge >= 0.3 is 0 Å². The number of aryl methyl sites for hydroxylation is 1. The molecule has 3 rings (SSSR count). The molecule has 1 aromatic carbocycles. The van der Waals surface area contributed by atoms with Gasteiger partial charge in [-0.3, -0.25) is 9.78 Å². The Morgan fingerprint density at radius 2 is 2.05 bits per heavy atom. The topological polar surface area (TPSA) is 57.8 Å². The van der Waals surface area contributed by atoms with Gasteiger partial charge in [-0.2, -0.15) is 0 Å². The summed E-state index contributed by atoms with van der Waals surface area (Å²) in [4.78, 5) is 19.9. The summed E-state index contributed by atoms with van der Waals surface area (Å²) in [6.45, 7) is 6.25. The average Bonchev–Trinajstić information content (AvgIpc) is 2.93. The Morgan fingerprint density at radius 3 is 2.77 bits per heavy atom. The zero-order chi connectivity index (χ0) is 15.7. The van der Waals surface area contributed by atoms with Crippen molar-refractivity contribution < 1.29 is 4.79 Å². The van der Waals surface area contributed by atoms with Crippen LogP contribution in [0.4, 0.5) is 5.69 Å². The summed E-state index contributed by atoms with van der Waals surface area (Å²) in [5, 5.41) is 3.04. The Labute approximate surface area is 129 Å². The second-order valence-electron chi connectivity index (χ2n) is 5.77. The molecule has 0 aliphatic rings. The second kappa shape index (κ2) is 5.64. The van der Waals surface area contributed by atoms with Gasteiger partial charge in [-0.25, -0.2) is 0 Å². The Balaban J connectivity index is 1.94. The van der Waals surface area contributed by atoms with E-state index in [2.05, 4.69) is 35.2 Å². The van der Waals surface area contributed by atoms with Crippen molar-refractivity contribution in [2.75, 3.05) is 5.32 Å². The van der Waals surface area contributed by atoms with E-state index in [1.807, 2.05) is 31.2 Å². The van der Waals surface area contributed by atoms with Crippen molar-refractivity contribution in [3.05, 3.63) is 59.4 Å². The minimum absolute atomic E-state index is 0.144. The average molecular weight is 293 g/mol. The molecule has 112 valence electrons. The van der Waals surface area contributed by atoms with Crippen LogP contribution < -0.4 is 5.32 Å². The number of para-hydroxylation sites is 1. The maximum Gasteiger partial charge on any atom is 0.272 e. The second-order valence-corrected chi connectivity index (χ2v) is 5.77. The third-order valence-corrected chi connectivity index (χ3v) is 3.80. The first kappa shape index (κ1) is 14.3. The van der Waals surface area contributed by atoms with Crippen LogP contribution in [0.25, 0.3) is 11.0 Å². The molecule has 0 aliphatic heterocycles. The van der Waals surface area contributed by atoms with Crippen molar-refractivity contribution in [3.8, 4) is 0 Å². The molecule has 0 unspecified atom stereocenters. The van der Waals surface area contributed by atoms with Crippen LogP contribution in [0.1, 0.15) is 41.4 Å². The third kappa shape index (κ3) is 2.60. The Hall–Kier alpha value is -2.62. The lowest BCUT2D eigenvalue weighted by Gasteiger charge is -2.16. The fourth-order valence-corrected chi connectivity index (χ4v) is 2.60. The van der Waals surface area contributed by atoms with E-state index in [-0.39, 0.29) is 5.91 Å². The van der Waals surface area contributed by atoms with Crippen LogP contribution in [0.3, 0.4) is 0 Å². The zero-order valence-electron chi connectivity index (χ0n) is 13.0. The summed E-state index contributed by atoms with van der Waals surface area (Å²) in [5.74, 6) is 0.203. The van der Waals surface area contributed by atoms with E-state index >= 15 is 0 Å². The SMILES string of the molecule is Cc1cccc(C(C)C)c1NC(=O)c1cc2ncccc2[nH]1. The van der Waals surface area contributed by atoms with Crippen molar-refractivity contribution in [2.45, 2.75) is 26.7 Å². The van der Waals surface area contributed by atoms with E-state index in [0.29, 0.717) is 11.6 Å². The molecule has 0 spiro atoms. The molecule has 0 bridgehead atoms. The largest absolute Gasteiger partial charge is 0.349 e. The summed E-state index contributed by atoms with van der Waals surface area (Å²) in [5.41, 5.74) is 5.28. The highest BCUT2D eigenvalue weighted by atomic mass is 16.1. The molecule has 0 saturated heterocycles. The van der Waals surface area contributed by atoms with Crippen LogP contribution in [0.2, 0.25) is 0 Å². The number of aromatic nitrogens is 2. The first-order chi connectivity index (χ1) is 10.6. The molecular weight excluding hydrogens is 274 g/mol. The van der Waals surface area contributed by atoms with Gasteiger partial charge in [-0.05, 0) is 42.2 Å². The third-order valence-electron chi connectivity index (χ3n) is 3.80. The summed E-state index contributed by atoms with van der Waals surface area (Å²) in [7, 11) is 0. The molecule has 0 atom stereocenters. The predicted molar refractivity (Wildman–Crippen MR) is 89.3 cm³/mol. The molecule has 4 heteroatoms. The molecule has 0 radical (unpaired) electrons. The van der Waals surface area contributed by atoms with Crippen molar-refractivity contribution in [1.29, 1.82) is 0 Å². The number of amides is 1. The minimum atomic E-state index is -0.144. The van der Waals surface area contributed by atoms with E-state index in [1.165, 1.54) is 0 Å². The number of nitrogens with zero attached hydrogens (tertiary/aromatic N) is 1. The summed E-state index contributed by atoms with van der Waals surface area (Å²) < 4.78 is 0. The van der Waals surface area contributed by atoms with Crippen LogP contribution in [0.15, 0.2) is 42.6 Å². The number of pyridine rings is 1. The fourth-order valence-electron chi connectivity index (χ4n) is 2.60. The summed E-state index contributed by atoms with van der Waals surface area (Å²) >= 11 is 0. The summed E-state index contributed by atoms with van der Waals surface area (Å²) in [6, 6.07) is 11.6. The van der Waals surface area contributed by atoms with Gasteiger partial charge in [0, 0.05) is 11.9 Å². The Kier molecular flexibility index (Phi) is 3.67. The first-order valence-electron chi connectivity index (χ1n) is 7.41. The highest BCUT2D eigenvalue weighted by molar-refractivity contribution is 6.06. The Morgan fingerprint density at radius 1 is 1.23 bits per heavy atom. The molecule has 1 amide bonds. The van der Waals surface area contributed by atoms with Gasteiger partial charge in [0.05, 0.1) is 11.0 Å². The zero-order valence-corrected chi connectivity index (χ0v) is 13.0. The molecule has 0 saturated carbocycles. The quantitative estimate of drug-likeness (QED) is 0.758. The van der Waals surface area contributed by atoms with Gasteiger partial charge in [0.25, 0.3) is 5.91 Å². The number of nitrogens with one attached hydrogen (secondary N) is 2. The molecule has 22 heavy (non-hydrogen) atoms. The molecule has 4 nitrogen and oxygen atoms in total. The minimum Gasteiger partial charge on any atom is -0.349 e. The number of rotatable bonds is 3. The van der Waals surface area contributed by atoms with Crippen molar-refractivity contribution >= 4 is 22.6 Å². The van der Waals surface area contributed by atoms with Gasteiger partial charge in [0.15, 0.2) is 0 Å². The van der Waals surface area contributed by atoms with Gasteiger partial charge in [-0.1, -0.05) is 32.0 Å². The smallest absolute Gasteiger partial charge is 0.272 e. The number of hydrogen-bond donors (Lipinski definition) is 2. The molecule has 2 N–H and O–H groups in total. The molecule has 0 aliphatic carbocycles. The molecular formula is C18H19N3O. The molecule has 2 aromatic heterocycles. The van der Waals surface area contributed by atoms with Crippen LogP contribution in [-0.4, -0.2) is 15.9 Å². The van der Waals surface area contributed by atoms with E-state index in [4.69, 9.17) is 0 Å². The lowest BCUT2D eigenvalue weighted by molar-refractivity contribution is 0.102. The summed E-state index contributed by atoms with van der Waals surface area (Å²) in [6.07, 6.45) is 1.72. The van der Waals surface area contributed by atoms with Crippen LogP contribution >= 0.6 is 0 Å². The fraction of sp³-hybridized carbons (Fsp3) is 0.222. The van der Waals surface area contributed by atoms with Crippen LogP contribution in [-0.2, 0) is 0 Å². The van der Waals surface area contributed by atoms with Crippen molar-refractivity contribution in [1.82, 2.24) is 9.97 Å². The monoisotopic (exact) mass is 293 g/mol. The lowest BCUT2D eigenvalue weighted by atomic mass is 9.98. The normalized spacial score (nSPS) is 11.1. The van der Waals surface area contributed by atoms with Gasteiger partial charge < -0.3 is 10.3 Å². The number of aromatic amines is 1. The molecule has 3 aromatic rings. The Bertz CT molecular complexity index is 800. The molecule has 2 heterocycles. The maximum absolute atomic E-state index is 12.5. The standard InChI is InChI=1S/C18H19N3O/c1-11(2)13-7-4-6-12(3)17(13)21-18(22)16-10-15-14(20-16)8-5-9-19-15/h4-11,20H,1-3H3,(H,21,22). The van der Waals surface area contributed by atoms with Crippen LogP contribution in [0.5, 0.6) is 0 Å². The predicted octanol–water partition coefficient (Wildman–Crippen LogP) is 4.25. The first-order valence-corrected chi connectivity index (χ1v) is 7.41. The van der Waals surface area contributed by atoms with Gasteiger partial charge in [0.1, 0.15) is 5.69 Å². The number of carbonyl (C=O) groups excluding carboxylic acids is 1. The highest BCUT2D eigenvalue weighted by Crippen LogP contribution is 2.28. The van der Waals surface area contributed by atoms with Gasteiger partial charge in [0.2, 0.25) is 0 Å². The number of carbonyl (C=O) groups is 1. The van der Waals surface area contributed by atoms with Crippen molar-refractivity contribution in [2.24, 2.45) is 0 Å². The number of fused-ring (bicyclic) bond motifs is 1.